The summed E-state index contributed by atoms with van der Waals surface area (Å²) < 4.78 is 10.2. The molecule has 1 atom stereocenters. The Kier molecular flexibility index (Phi) is 6.89. The first-order valence-corrected chi connectivity index (χ1v) is 7.44. The number of esters is 1. The third kappa shape index (κ3) is 6.16. The summed E-state index contributed by atoms with van der Waals surface area (Å²) in [6, 6.07) is 5.63. The number of amides is 1. The highest BCUT2D eigenvalue weighted by atomic mass is 16.6. The smallest absolute Gasteiger partial charge is 0.344 e. The molecule has 0 unspecified atom stereocenters. The predicted molar refractivity (Wildman–Crippen MR) is 84.8 cm³/mol. The second kappa shape index (κ2) is 8.41. The van der Waals surface area contributed by atoms with Crippen LogP contribution in [0, 0.1) is 19.8 Å². The minimum atomic E-state index is -0.564. The fourth-order valence-electron chi connectivity index (χ4n) is 1.60. The van der Waals surface area contributed by atoms with E-state index < -0.39 is 5.97 Å². The molecule has 0 saturated heterocycles. The van der Waals surface area contributed by atoms with Gasteiger partial charge >= 0.3 is 5.97 Å². The van der Waals surface area contributed by atoms with E-state index in [1.165, 1.54) is 0 Å². The van der Waals surface area contributed by atoms with Gasteiger partial charge in [0.2, 0.25) is 0 Å². The summed E-state index contributed by atoms with van der Waals surface area (Å²) in [7, 11) is 0. The fourth-order valence-corrected chi connectivity index (χ4v) is 1.60. The number of carbonyl (C=O) groups excluding carboxylic acids is 2. The number of hydrogen-bond donors (Lipinski definition) is 1. The highest BCUT2D eigenvalue weighted by molar-refractivity contribution is 5.81. The number of ether oxygens (including phenoxy) is 2. The quantitative estimate of drug-likeness (QED) is 0.786. The van der Waals surface area contributed by atoms with Crippen LogP contribution in [0.3, 0.4) is 0 Å². The van der Waals surface area contributed by atoms with E-state index in [1.54, 1.807) is 6.07 Å². The van der Waals surface area contributed by atoms with Crippen LogP contribution in [0.4, 0.5) is 0 Å². The molecule has 0 aliphatic carbocycles. The van der Waals surface area contributed by atoms with Crippen molar-refractivity contribution >= 4 is 11.9 Å². The Balaban J connectivity index is 2.31. The zero-order valence-electron chi connectivity index (χ0n) is 13.9. The van der Waals surface area contributed by atoms with Crippen LogP contribution in [0.5, 0.6) is 5.75 Å². The lowest BCUT2D eigenvalue weighted by molar-refractivity contribution is -0.150. The van der Waals surface area contributed by atoms with Gasteiger partial charge in [0.15, 0.2) is 13.2 Å². The Morgan fingerprint density at radius 2 is 1.77 bits per heavy atom. The van der Waals surface area contributed by atoms with Gasteiger partial charge < -0.3 is 14.8 Å². The van der Waals surface area contributed by atoms with Crippen molar-refractivity contribution in [3.05, 3.63) is 29.3 Å². The summed E-state index contributed by atoms with van der Waals surface area (Å²) in [6.07, 6.45) is 0. The van der Waals surface area contributed by atoms with Gasteiger partial charge in [-0.05, 0) is 49.9 Å². The van der Waals surface area contributed by atoms with Crippen molar-refractivity contribution in [1.29, 1.82) is 0 Å². The predicted octanol–water partition coefficient (Wildman–Crippen LogP) is 2.39. The highest BCUT2D eigenvalue weighted by Gasteiger charge is 2.13. The van der Waals surface area contributed by atoms with Crippen molar-refractivity contribution in [2.75, 3.05) is 13.2 Å². The van der Waals surface area contributed by atoms with Gasteiger partial charge in [0, 0.05) is 6.04 Å². The maximum atomic E-state index is 11.6. The van der Waals surface area contributed by atoms with Gasteiger partial charge in [0.05, 0.1) is 0 Å². The van der Waals surface area contributed by atoms with E-state index in [0.29, 0.717) is 11.7 Å². The molecule has 0 aromatic heterocycles. The van der Waals surface area contributed by atoms with Gasteiger partial charge in [-0.15, -0.1) is 0 Å². The van der Waals surface area contributed by atoms with Gasteiger partial charge in [0.25, 0.3) is 5.91 Å². The molecule has 5 nitrogen and oxygen atoms in total. The number of benzene rings is 1. The molecule has 22 heavy (non-hydrogen) atoms. The van der Waals surface area contributed by atoms with Crippen molar-refractivity contribution in [2.45, 2.75) is 40.7 Å². The summed E-state index contributed by atoms with van der Waals surface area (Å²) >= 11 is 0. The van der Waals surface area contributed by atoms with Crippen LogP contribution in [-0.4, -0.2) is 31.1 Å². The van der Waals surface area contributed by atoms with E-state index in [1.807, 2.05) is 46.8 Å². The SMILES string of the molecule is Cc1ccc(OCC(=O)OCC(=O)N[C@H](C)C(C)C)cc1C. The summed E-state index contributed by atoms with van der Waals surface area (Å²) in [4.78, 5) is 23.2. The molecule has 1 rings (SSSR count). The largest absolute Gasteiger partial charge is 0.482 e. The van der Waals surface area contributed by atoms with Crippen LogP contribution in [-0.2, 0) is 14.3 Å². The third-order valence-electron chi connectivity index (χ3n) is 3.59. The first kappa shape index (κ1) is 18.0. The van der Waals surface area contributed by atoms with Crippen molar-refractivity contribution in [2.24, 2.45) is 5.92 Å². The van der Waals surface area contributed by atoms with Crippen LogP contribution in [0.2, 0.25) is 0 Å². The monoisotopic (exact) mass is 307 g/mol. The summed E-state index contributed by atoms with van der Waals surface area (Å²) in [5, 5.41) is 2.77. The number of aryl methyl sites for hydroxylation is 2. The van der Waals surface area contributed by atoms with E-state index >= 15 is 0 Å². The molecule has 1 aromatic carbocycles. The topological polar surface area (TPSA) is 64.6 Å². The van der Waals surface area contributed by atoms with E-state index in [-0.39, 0.29) is 25.2 Å². The lowest BCUT2D eigenvalue weighted by Crippen LogP contribution is -2.39. The first-order valence-electron chi connectivity index (χ1n) is 7.44. The standard InChI is InChI=1S/C17H25NO4/c1-11(2)14(5)18-16(19)9-22-17(20)10-21-15-7-6-12(3)13(4)8-15/h6-8,11,14H,9-10H2,1-5H3,(H,18,19)/t14-/m1/s1. The molecule has 0 spiro atoms. The minimum Gasteiger partial charge on any atom is -0.482 e. The number of carbonyl (C=O) groups is 2. The second-order valence-electron chi connectivity index (χ2n) is 5.80. The fraction of sp³-hybridized carbons (Fsp3) is 0.529. The molecule has 0 aliphatic rings. The van der Waals surface area contributed by atoms with Crippen LogP contribution in [0.1, 0.15) is 31.9 Å². The number of nitrogens with one attached hydrogen (secondary N) is 1. The van der Waals surface area contributed by atoms with Gasteiger partial charge in [-0.3, -0.25) is 4.79 Å². The molecule has 5 heteroatoms. The summed E-state index contributed by atoms with van der Waals surface area (Å²) in [5.41, 5.74) is 2.25. The molecule has 1 amide bonds. The Bertz CT molecular complexity index is 525. The van der Waals surface area contributed by atoms with Crippen molar-refractivity contribution in [3.63, 3.8) is 0 Å². The first-order chi connectivity index (χ1) is 10.3. The molecular weight excluding hydrogens is 282 g/mol. The molecule has 0 heterocycles. The van der Waals surface area contributed by atoms with Crippen molar-refractivity contribution in [3.8, 4) is 5.75 Å². The Morgan fingerprint density at radius 1 is 1.09 bits per heavy atom. The molecule has 1 aromatic rings. The average Bonchev–Trinajstić information content (AvgIpc) is 2.46. The van der Waals surface area contributed by atoms with E-state index in [2.05, 4.69) is 5.32 Å². The molecule has 0 saturated carbocycles. The van der Waals surface area contributed by atoms with Crippen LogP contribution >= 0.6 is 0 Å². The van der Waals surface area contributed by atoms with Crippen LogP contribution < -0.4 is 10.1 Å². The van der Waals surface area contributed by atoms with Crippen LogP contribution in [0.15, 0.2) is 18.2 Å². The zero-order valence-corrected chi connectivity index (χ0v) is 13.9. The average molecular weight is 307 g/mol. The number of rotatable bonds is 7. The Labute approximate surface area is 132 Å². The van der Waals surface area contributed by atoms with E-state index in [0.717, 1.165) is 11.1 Å². The third-order valence-corrected chi connectivity index (χ3v) is 3.59. The van der Waals surface area contributed by atoms with Gasteiger partial charge in [-0.25, -0.2) is 4.79 Å². The highest BCUT2D eigenvalue weighted by Crippen LogP contribution is 2.16. The second-order valence-corrected chi connectivity index (χ2v) is 5.80. The van der Waals surface area contributed by atoms with Gasteiger partial charge in [0.1, 0.15) is 5.75 Å². The van der Waals surface area contributed by atoms with Crippen molar-refractivity contribution < 1.29 is 19.1 Å². The van der Waals surface area contributed by atoms with E-state index in [4.69, 9.17) is 9.47 Å². The minimum absolute atomic E-state index is 0.0398. The van der Waals surface area contributed by atoms with Gasteiger partial charge in [-0.1, -0.05) is 19.9 Å². The molecule has 122 valence electrons. The van der Waals surface area contributed by atoms with E-state index in [9.17, 15) is 9.59 Å². The normalized spacial score (nSPS) is 11.9. The lowest BCUT2D eigenvalue weighted by Gasteiger charge is -2.17. The maximum absolute atomic E-state index is 11.6. The Morgan fingerprint density at radius 3 is 2.36 bits per heavy atom. The molecular formula is C17H25NO4. The van der Waals surface area contributed by atoms with Crippen molar-refractivity contribution in [1.82, 2.24) is 5.32 Å². The lowest BCUT2D eigenvalue weighted by atomic mass is 10.1. The molecule has 0 radical (unpaired) electrons. The molecule has 0 fully saturated rings. The Hall–Kier alpha value is -2.04. The van der Waals surface area contributed by atoms with Crippen LogP contribution in [0.25, 0.3) is 0 Å². The molecule has 1 N–H and O–H groups in total. The number of hydrogen-bond acceptors (Lipinski definition) is 4. The van der Waals surface area contributed by atoms with Gasteiger partial charge in [-0.2, -0.15) is 0 Å². The molecule has 0 aliphatic heterocycles. The molecule has 0 bridgehead atoms. The maximum Gasteiger partial charge on any atom is 0.344 e. The zero-order chi connectivity index (χ0) is 16.7. The summed E-state index contributed by atoms with van der Waals surface area (Å²) in [5.74, 6) is 0.0667. The summed E-state index contributed by atoms with van der Waals surface area (Å²) in [6.45, 7) is 9.41.